The number of benzene rings is 3. The SMILES string of the molecule is Cc1ccc(/C(=C(/I)CI)P(=O)(c2ccccc2)c2ccccc2)cc1. The molecule has 0 saturated carbocycles. The fourth-order valence-electron chi connectivity index (χ4n) is 2.97. The highest BCUT2D eigenvalue weighted by Crippen LogP contribution is 2.59. The molecule has 0 aromatic heterocycles. The molecule has 0 saturated heterocycles. The first-order valence-electron chi connectivity index (χ1n) is 8.31. The zero-order valence-corrected chi connectivity index (χ0v) is 19.6. The largest absolute Gasteiger partial charge is 0.309 e. The lowest BCUT2D eigenvalue weighted by Crippen LogP contribution is -2.17. The predicted octanol–water partition coefficient (Wildman–Crippen LogP) is 6.55. The lowest BCUT2D eigenvalue weighted by atomic mass is 10.1. The molecule has 0 heterocycles. The molecular formula is C22H19I2OP. The van der Waals surface area contributed by atoms with Gasteiger partial charge in [0, 0.05) is 23.9 Å². The maximum atomic E-state index is 14.7. The highest BCUT2D eigenvalue weighted by molar-refractivity contribution is 14.1. The van der Waals surface area contributed by atoms with E-state index < -0.39 is 7.14 Å². The van der Waals surface area contributed by atoms with Crippen molar-refractivity contribution in [1.82, 2.24) is 0 Å². The molecule has 0 atom stereocenters. The Morgan fingerprint density at radius 2 is 1.27 bits per heavy atom. The second-order valence-electron chi connectivity index (χ2n) is 6.03. The van der Waals surface area contributed by atoms with Gasteiger partial charge in [0.2, 0.25) is 0 Å². The van der Waals surface area contributed by atoms with Gasteiger partial charge in [-0.05, 0) is 35.1 Å². The molecule has 0 N–H and O–H groups in total. The minimum atomic E-state index is -2.98. The van der Waals surface area contributed by atoms with Gasteiger partial charge in [0.1, 0.15) is 0 Å². The topological polar surface area (TPSA) is 17.1 Å². The highest BCUT2D eigenvalue weighted by Gasteiger charge is 2.34. The highest BCUT2D eigenvalue weighted by atomic mass is 127. The van der Waals surface area contributed by atoms with Gasteiger partial charge < -0.3 is 4.57 Å². The van der Waals surface area contributed by atoms with Gasteiger partial charge in [0.15, 0.2) is 7.14 Å². The molecule has 3 rings (SSSR count). The van der Waals surface area contributed by atoms with Crippen LogP contribution in [-0.2, 0) is 4.57 Å². The monoisotopic (exact) mass is 584 g/mol. The molecule has 26 heavy (non-hydrogen) atoms. The van der Waals surface area contributed by atoms with Gasteiger partial charge >= 0.3 is 0 Å². The number of hydrogen-bond donors (Lipinski definition) is 0. The lowest BCUT2D eigenvalue weighted by Gasteiger charge is -2.24. The van der Waals surface area contributed by atoms with Crippen LogP contribution in [0.1, 0.15) is 11.1 Å². The van der Waals surface area contributed by atoms with E-state index in [1.165, 1.54) is 5.56 Å². The van der Waals surface area contributed by atoms with Crippen molar-refractivity contribution in [3.8, 4) is 0 Å². The first-order valence-corrected chi connectivity index (χ1v) is 12.6. The Bertz CT molecular complexity index is 905. The minimum absolute atomic E-state index is 0.825. The van der Waals surface area contributed by atoms with Crippen molar-refractivity contribution in [3.63, 3.8) is 0 Å². The van der Waals surface area contributed by atoms with Crippen LogP contribution in [0.3, 0.4) is 0 Å². The van der Waals surface area contributed by atoms with Gasteiger partial charge in [0.25, 0.3) is 0 Å². The summed E-state index contributed by atoms with van der Waals surface area (Å²) in [6.07, 6.45) is 0. The Labute approximate surface area is 182 Å². The summed E-state index contributed by atoms with van der Waals surface area (Å²) >= 11 is 4.71. The average molecular weight is 584 g/mol. The summed E-state index contributed by atoms with van der Waals surface area (Å²) in [7, 11) is -2.98. The number of aryl methyl sites for hydroxylation is 1. The molecule has 3 aromatic carbocycles. The second-order valence-corrected chi connectivity index (χ2v) is 10.8. The lowest BCUT2D eigenvalue weighted by molar-refractivity contribution is 0.593. The number of hydrogen-bond acceptors (Lipinski definition) is 1. The standard InChI is InChI=1S/C22H19I2OP/c1-17-12-14-18(15-13-17)22(21(24)16-23)26(25,19-8-4-2-5-9-19)20-10-6-3-7-11-20/h2-15H,16H2,1H3/b22-21-. The van der Waals surface area contributed by atoms with E-state index in [0.29, 0.717) is 0 Å². The molecule has 0 aliphatic heterocycles. The molecule has 1 nitrogen and oxygen atoms in total. The number of rotatable bonds is 5. The van der Waals surface area contributed by atoms with Crippen LogP contribution in [0.4, 0.5) is 0 Å². The summed E-state index contributed by atoms with van der Waals surface area (Å²) in [4.78, 5) is 0. The van der Waals surface area contributed by atoms with E-state index >= 15 is 0 Å². The fraction of sp³-hybridized carbons (Fsp3) is 0.0909. The predicted molar refractivity (Wildman–Crippen MR) is 131 cm³/mol. The zero-order chi connectivity index (χ0) is 18.6. The van der Waals surface area contributed by atoms with Gasteiger partial charge in [-0.3, -0.25) is 0 Å². The van der Waals surface area contributed by atoms with Crippen molar-refractivity contribution in [2.24, 2.45) is 0 Å². The smallest absolute Gasteiger partial charge is 0.172 e. The molecule has 0 aliphatic carbocycles. The summed E-state index contributed by atoms with van der Waals surface area (Å²) in [5.41, 5.74) is 2.24. The zero-order valence-electron chi connectivity index (χ0n) is 14.4. The summed E-state index contributed by atoms with van der Waals surface area (Å²) in [6, 6.07) is 28.1. The fourth-order valence-corrected chi connectivity index (χ4v) is 7.91. The molecule has 0 amide bonds. The Morgan fingerprint density at radius 1 is 0.808 bits per heavy atom. The van der Waals surface area contributed by atoms with Crippen LogP contribution >= 0.6 is 52.3 Å². The minimum Gasteiger partial charge on any atom is -0.309 e. The summed E-state index contributed by atoms with van der Waals surface area (Å²) in [5.74, 6) is 0. The van der Waals surface area contributed by atoms with E-state index in [4.69, 9.17) is 0 Å². The molecule has 0 bridgehead atoms. The normalized spacial score (nSPS) is 12.6. The molecule has 4 heteroatoms. The number of allylic oxidation sites excluding steroid dienone is 1. The Morgan fingerprint density at radius 3 is 1.69 bits per heavy atom. The van der Waals surface area contributed by atoms with Crippen LogP contribution in [0, 0.1) is 6.92 Å². The third-order valence-corrected chi connectivity index (χ3v) is 11.0. The quantitative estimate of drug-likeness (QED) is 0.189. The van der Waals surface area contributed by atoms with Crippen LogP contribution in [0.5, 0.6) is 0 Å². The third kappa shape index (κ3) is 4.00. The first-order chi connectivity index (χ1) is 12.6. The van der Waals surface area contributed by atoms with Gasteiger partial charge in [-0.1, -0.05) is 113 Å². The van der Waals surface area contributed by atoms with Crippen LogP contribution < -0.4 is 10.6 Å². The van der Waals surface area contributed by atoms with E-state index in [2.05, 4.69) is 76.4 Å². The molecule has 0 aliphatic rings. The van der Waals surface area contributed by atoms with Crippen molar-refractivity contribution in [2.75, 3.05) is 4.43 Å². The third-order valence-electron chi connectivity index (χ3n) is 4.25. The summed E-state index contributed by atoms with van der Waals surface area (Å²) in [6.45, 7) is 2.07. The van der Waals surface area contributed by atoms with Crippen molar-refractivity contribution in [2.45, 2.75) is 6.92 Å². The summed E-state index contributed by atoms with van der Waals surface area (Å²) in [5, 5.41) is 2.70. The van der Waals surface area contributed by atoms with Crippen LogP contribution in [0.25, 0.3) is 5.31 Å². The van der Waals surface area contributed by atoms with Crippen LogP contribution in [0.2, 0.25) is 0 Å². The molecule has 0 spiro atoms. The van der Waals surface area contributed by atoms with Crippen molar-refractivity contribution in [3.05, 3.63) is 99.6 Å². The van der Waals surface area contributed by atoms with Gasteiger partial charge in [-0.25, -0.2) is 0 Å². The number of halogens is 2. The van der Waals surface area contributed by atoms with E-state index in [0.717, 1.165) is 29.5 Å². The van der Waals surface area contributed by atoms with Crippen molar-refractivity contribution >= 4 is 68.2 Å². The first kappa shape index (κ1) is 19.8. The van der Waals surface area contributed by atoms with Gasteiger partial charge in [0.05, 0.1) is 0 Å². The Kier molecular flexibility index (Phi) is 6.76. The molecule has 132 valence electrons. The summed E-state index contributed by atoms with van der Waals surface area (Å²) < 4.78 is 16.7. The Balaban J connectivity index is 2.35. The van der Waals surface area contributed by atoms with E-state index in [9.17, 15) is 4.57 Å². The maximum absolute atomic E-state index is 14.7. The Hall–Kier alpha value is -0.910. The molecular weight excluding hydrogens is 565 g/mol. The molecule has 0 radical (unpaired) electrons. The van der Waals surface area contributed by atoms with Crippen LogP contribution in [-0.4, -0.2) is 4.43 Å². The molecule has 0 unspecified atom stereocenters. The van der Waals surface area contributed by atoms with Gasteiger partial charge in [-0.2, -0.15) is 0 Å². The average Bonchev–Trinajstić information content (AvgIpc) is 2.70. The van der Waals surface area contributed by atoms with Crippen molar-refractivity contribution < 1.29 is 4.57 Å². The molecule has 3 aromatic rings. The number of alkyl halides is 1. The van der Waals surface area contributed by atoms with Crippen LogP contribution in [0.15, 0.2) is 88.5 Å². The van der Waals surface area contributed by atoms with Crippen molar-refractivity contribution in [1.29, 1.82) is 0 Å². The maximum Gasteiger partial charge on any atom is 0.172 e. The van der Waals surface area contributed by atoms with E-state index in [-0.39, 0.29) is 0 Å². The van der Waals surface area contributed by atoms with E-state index in [1.807, 2.05) is 60.7 Å². The molecule has 0 fully saturated rings. The van der Waals surface area contributed by atoms with Gasteiger partial charge in [-0.15, -0.1) is 0 Å². The second kappa shape index (κ2) is 8.85. The van der Waals surface area contributed by atoms with E-state index in [1.54, 1.807) is 0 Å².